The lowest BCUT2D eigenvalue weighted by Crippen LogP contribution is -2.51. The van der Waals surface area contributed by atoms with E-state index in [1.165, 1.54) is 0 Å². The zero-order valence-corrected chi connectivity index (χ0v) is 15.2. The molecule has 0 aliphatic carbocycles. The number of hydrogen-bond donors (Lipinski definition) is 0. The molecule has 2 aromatic heterocycles. The van der Waals surface area contributed by atoms with Crippen LogP contribution >= 0.6 is 0 Å². The summed E-state index contributed by atoms with van der Waals surface area (Å²) in [6, 6.07) is 5.88. The van der Waals surface area contributed by atoms with E-state index in [4.69, 9.17) is 4.63 Å². The van der Waals surface area contributed by atoms with E-state index in [1.54, 1.807) is 6.20 Å². The predicted molar refractivity (Wildman–Crippen MR) is 94.9 cm³/mol. The Balaban J connectivity index is 1.37. The molecule has 4 heterocycles. The van der Waals surface area contributed by atoms with E-state index >= 15 is 0 Å². The maximum Gasteiger partial charge on any atom is 0.222 e. The van der Waals surface area contributed by atoms with Gasteiger partial charge in [-0.1, -0.05) is 16.4 Å². The van der Waals surface area contributed by atoms with Gasteiger partial charge in [0.25, 0.3) is 0 Å². The summed E-state index contributed by atoms with van der Waals surface area (Å²) in [4.78, 5) is 21.2. The lowest BCUT2D eigenvalue weighted by Gasteiger charge is -2.47. The number of carbonyl (C=O) groups is 1. The van der Waals surface area contributed by atoms with E-state index in [-0.39, 0.29) is 11.3 Å². The van der Waals surface area contributed by atoms with Crippen molar-refractivity contribution in [3.8, 4) is 0 Å². The second kappa shape index (κ2) is 7.15. The molecule has 1 amide bonds. The third-order valence-electron chi connectivity index (χ3n) is 5.86. The first-order chi connectivity index (χ1) is 12.6. The number of likely N-dealkylation sites (tertiary alicyclic amines) is 2. The molecular formula is C19H25N5O2. The molecule has 0 N–H and O–H groups in total. The summed E-state index contributed by atoms with van der Waals surface area (Å²) in [5.41, 5.74) is 3.01. The Morgan fingerprint density at radius 3 is 2.69 bits per heavy atom. The highest BCUT2D eigenvalue weighted by Gasteiger charge is 2.41. The van der Waals surface area contributed by atoms with E-state index in [0.717, 1.165) is 62.5 Å². The molecule has 2 aliphatic rings. The molecule has 0 unspecified atom stereocenters. The minimum atomic E-state index is 0.246. The minimum absolute atomic E-state index is 0.246. The highest BCUT2D eigenvalue weighted by atomic mass is 16.6. The predicted octanol–water partition coefficient (Wildman–Crippen LogP) is 2.18. The molecule has 0 radical (unpaired) electrons. The van der Waals surface area contributed by atoms with Gasteiger partial charge < -0.3 is 4.90 Å². The monoisotopic (exact) mass is 355 g/mol. The van der Waals surface area contributed by atoms with Gasteiger partial charge in [-0.15, -0.1) is 0 Å². The Hall–Kier alpha value is -2.28. The van der Waals surface area contributed by atoms with Crippen molar-refractivity contribution in [3.63, 3.8) is 0 Å². The summed E-state index contributed by atoms with van der Waals surface area (Å²) in [7, 11) is 0. The molecule has 138 valence electrons. The topological polar surface area (TPSA) is 75.4 Å². The molecule has 0 saturated carbocycles. The zero-order chi connectivity index (χ0) is 18.0. The molecule has 4 rings (SSSR count). The highest BCUT2D eigenvalue weighted by molar-refractivity contribution is 5.77. The SMILES string of the molecule is Cc1nonc1CN1CCC2(CCC(=O)N(Cc3ccccn3)C2)CC1. The molecule has 7 heteroatoms. The summed E-state index contributed by atoms with van der Waals surface area (Å²) < 4.78 is 4.80. The van der Waals surface area contributed by atoms with Crippen molar-refractivity contribution >= 4 is 5.91 Å². The van der Waals surface area contributed by atoms with Gasteiger partial charge in [0.2, 0.25) is 5.91 Å². The van der Waals surface area contributed by atoms with Crippen LogP contribution in [0.15, 0.2) is 29.0 Å². The number of aromatic nitrogens is 3. The number of amides is 1. The summed E-state index contributed by atoms with van der Waals surface area (Å²) in [6.45, 7) is 6.24. The van der Waals surface area contributed by atoms with Crippen LogP contribution in [0.3, 0.4) is 0 Å². The van der Waals surface area contributed by atoms with Gasteiger partial charge >= 0.3 is 0 Å². The molecule has 26 heavy (non-hydrogen) atoms. The van der Waals surface area contributed by atoms with Crippen LogP contribution < -0.4 is 0 Å². The normalized spacial score (nSPS) is 20.7. The fourth-order valence-electron chi connectivity index (χ4n) is 4.13. The van der Waals surface area contributed by atoms with Gasteiger partial charge in [-0.2, -0.15) is 0 Å². The van der Waals surface area contributed by atoms with Crippen molar-refractivity contribution in [2.75, 3.05) is 19.6 Å². The Kier molecular flexibility index (Phi) is 4.72. The van der Waals surface area contributed by atoms with Crippen LogP contribution in [0.1, 0.15) is 42.8 Å². The molecule has 0 atom stereocenters. The third kappa shape index (κ3) is 3.62. The molecule has 0 aromatic carbocycles. The molecule has 7 nitrogen and oxygen atoms in total. The van der Waals surface area contributed by atoms with Gasteiger partial charge in [-0.25, -0.2) is 4.63 Å². The lowest BCUT2D eigenvalue weighted by molar-refractivity contribution is -0.140. The van der Waals surface area contributed by atoms with Crippen LogP contribution in [-0.4, -0.2) is 50.6 Å². The van der Waals surface area contributed by atoms with Crippen LogP contribution in [0.2, 0.25) is 0 Å². The number of nitrogens with zero attached hydrogens (tertiary/aromatic N) is 5. The Labute approximate surface area is 153 Å². The van der Waals surface area contributed by atoms with E-state index < -0.39 is 0 Å². The highest BCUT2D eigenvalue weighted by Crippen LogP contribution is 2.40. The maximum atomic E-state index is 12.4. The maximum absolute atomic E-state index is 12.4. The second-order valence-corrected chi connectivity index (χ2v) is 7.64. The van der Waals surface area contributed by atoms with E-state index in [9.17, 15) is 4.79 Å². The first kappa shape index (κ1) is 17.1. The average Bonchev–Trinajstić information content (AvgIpc) is 3.06. The fourth-order valence-corrected chi connectivity index (χ4v) is 4.13. The van der Waals surface area contributed by atoms with Gasteiger partial charge in [-0.3, -0.25) is 14.7 Å². The molecular weight excluding hydrogens is 330 g/mol. The number of piperidine rings is 2. The minimum Gasteiger partial charge on any atom is -0.336 e. The number of aryl methyl sites for hydroxylation is 1. The molecule has 2 saturated heterocycles. The number of pyridine rings is 1. The fraction of sp³-hybridized carbons (Fsp3) is 0.579. The first-order valence-electron chi connectivity index (χ1n) is 9.32. The van der Waals surface area contributed by atoms with Crippen molar-refractivity contribution in [1.29, 1.82) is 0 Å². The Morgan fingerprint density at radius 2 is 2.00 bits per heavy atom. The van der Waals surface area contributed by atoms with Crippen LogP contribution in [0.5, 0.6) is 0 Å². The van der Waals surface area contributed by atoms with Crippen LogP contribution in [-0.2, 0) is 17.9 Å². The Morgan fingerprint density at radius 1 is 1.15 bits per heavy atom. The Bertz CT molecular complexity index is 752. The summed E-state index contributed by atoms with van der Waals surface area (Å²) in [6.07, 6.45) is 5.67. The van der Waals surface area contributed by atoms with Crippen molar-refractivity contribution in [2.24, 2.45) is 5.41 Å². The quantitative estimate of drug-likeness (QED) is 0.837. The van der Waals surface area contributed by atoms with Gasteiger partial charge in [0.1, 0.15) is 11.4 Å². The van der Waals surface area contributed by atoms with Gasteiger partial charge in [0.05, 0.1) is 12.2 Å². The van der Waals surface area contributed by atoms with Crippen molar-refractivity contribution in [3.05, 3.63) is 41.5 Å². The number of rotatable bonds is 4. The van der Waals surface area contributed by atoms with Gasteiger partial charge in [0, 0.05) is 25.7 Å². The van der Waals surface area contributed by atoms with Gasteiger partial charge in [0.15, 0.2) is 0 Å². The molecule has 1 spiro atoms. The average molecular weight is 355 g/mol. The number of carbonyl (C=O) groups excluding carboxylic acids is 1. The largest absolute Gasteiger partial charge is 0.336 e. The van der Waals surface area contributed by atoms with Gasteiger partial charge in [-0.05, 0) is 56.8 Å². The standard InChI is InChI=1S/C19H25N5O2/c1-15-17(22-26-21-15)13-23-10-7-19(8-11-23)6-5-18(25)24(14-19)12-16-4-2-3-9-20-16/h2-4,9H,5-8,10-14H2,1H3. The third-order valence-corrected chi connectivity index (χ3v) is 5.86. The van der Waals surface area contributed by atoms with E-state index in [2.05, 4.69) is 20.2 Å². The summed E-state index contributed by atoms with van der Waals surface area (Å²) >= 11 is 0. The zero-order valence-electron chi connectivity index (χ0n) is 15.2. The summed E-state index contributed by atoms with van der Waals surface area (Å²) in [5, 5.41) is 7.86. The molecule has 2 aromatic rings. The first-order valence-corrected chi connectivity index (χ1v) is 9.32. The molecule has 0 bridgehead atoms. The van der Waals surface area contributed by atoms with Crippen LogP contribution in [0.4, 0.5) is 0 Å². The number of hydrogen-bond acceptors (Lipinski definition) is 6. The van der Waals surface area contributed by atoms with E-state index in [1.807, 2.05) is 30.0 Å². The summed E-state index contributed by atoms with van der Waals surface area (Å²) in [5.74, 6) is 0.257. The van der Waals surface area contributed by atoms with Crippen molar-refractivity contribution in [1.82, 2.24) is 25.1 Å². The lowest BCUT2D eigenvalue weighted by atomic mass is 9.72. The molecule has 2 aliphatic heterocycles. The smallest absolute Gasteiger partial charge is 0.222 e. The molecule has 2 fully saturated rings. The van der Waals surface area contributed by atoms with Crippen LogP contribution in [0, 0.1) is 12.3 Å². The van der Waals surface area contributed by atoms with Crippen LogP contribution in [0.25, 0.3) is 0 Å². The van der Waals surface area contributed by atoms with Crippen molar-refractivity contribution < 1.29 is 9.42 Å². The van der Waals surface area contributed by atoms with E-state index in [0.29, 0.717) is 13.0 Å². The van der Waals surface area contributed by atoms with Crippen molar-refractivity contribution in [2.45, 2.75) is 45.7 Å². The second-order valence-electron chi connectivity index (χ2n) is 7.64.